The zero-order valence-corrected chi connectivity index (χ0v) is 9.72. The molecule has 3 heteroatoms. The normalized spacial score (nSPS) is 10.5. The molecule has 0 unspecified atom stereocenters. The topological polar surface area (TPSA) is 0 Å². The lowest BCUT2D eigenvalue weighted by Gasteiger charge is -1.91. The number of aryl methyl sites for hydroxylation is 1. The van der Waals surface area contributed by atoms with Crippen molar-refractivity contribution < 1.29 is 0 Å². The van der Waals surface area contributed by atoms with Gasteiger partial charge in [0.1, 0.15) is 0 Å². The summed E-state index contributed by atoms with van der Waals surface area (Å²) in [6.45, 7) is 2.13. The van der Waals surface area contributed by atoms with Gasteiger partial charge in [-0.25, -0.2) is 0 Å². The van der Waals surface area contributed by atoms with Crippen LogP contribution in [0, 0.1) is 6.92 Å². The van der Waals surface area contributed by atoms with Gasteiger partial charge in [0.15, 0.2) is 0 Å². The second-order valence-electron chi connectivity index (χ2n) is 2.62. The fraction of sp³-hybridized carbons (Fsp3) is 0.111. The summed E-state index contributed by atoms with van der Waals surface area (Å²) in [7, 11) is 0. The Balaban J connectivity index is 2.50. The maximum absolute atomic E-state index is 3.53. The Labute approximate surface area is 88.0 Å². The summed E-state index contributed by atoms with van der Waals surface area (Å²) < 4.78 is 1.20. The first kappa shape index (κ1) is 8.48. The van der Waals surface area contributed by atoms with Crippen LogP contribution in [0.25, 0.3) is 10.4 Å². The van der Waals surface area contributed by atoms with Crippen LogP contribution in [0.3, 0.4) is 0 Å². The highest BCUT2D eigenvalue weighted by Gasteiger charge is 2.05. The lowest BCUT2D eigenvalue weighted by atomic mass is 10.2. The van der Waals surface area contributed by atoms with Gasteiger partial charge < -0.3 is 0 Å². The van der Waals surface area contributed by atoms with E-state index in [-0.39, 0.29) is 0 Å². The molecule has 0 atom stereocenters. The van der Waals surface area contributed by atoms with Gasteiger partial charge in [-0.2, -0.15) is 11.3 Å². The van der Waals surface area contributed by atoms with E-state index in [1.54, 1.807) is 22.7 Å². The van der Waals surface area contributed by atoms with E-state index in [0.717, 1.165) is 0 Å². The highest BCUT2D eigenvalue weighted by Crippen LogP contribution is 2.35. The predicted octanol–water partition coefficient (Wildman–Crippen LogP) is 4.55. The van der Waals surface area contributed by atoms with Crippen molar-refractivity contribution in [1.29, 1.82) is 0 Å². The number of rotatable bonds is 1. The van der Waals surface area contributed by atoms with Crippen molar-refractivity contribution in [3.8, 4) is 10.4 Å². The van der Waals surface area contributed by atoms with Crippen molar-refractivity contribution in [2.24, 2.45) is 0 Å². The van der Waals surface area contributed by atoms with Crippen molar-refractivity contribution in [1.82, 2.24) is 0 Å². The molecule has 0 nitrogen and oxygen atoms in total. The van der Waals surface area contributed by atoms with Crippen LogP contribution < -0.4 is 0 Å². The second kappa shape index (κ2) is 3.32. The molecular weight excluding hydrogens is 252 g/mol. The Morgan fingerprint density at radius 2 is 2.08 bits per heavy atom. The highest BCUT2D eigenvalue weighted by molar-refractivity contribution is 9.10. The van der Waals surface area contributed by atoms with E-state index in [1.165, 1.54) is 20.5 Å². The quantitative estimate of drug-likeness (QED) is 0.704. The summed E-state index contributed by atoms with van der Waals surface area (Å²) in [6.07, 6.45) is 0. The van der Waals surface area contributed by atoms with Gasteiger partial charge in [-0.05, 0) is 39.9 Å². The lowest BCUT2D eigenvalue weighted by Crippen LogP contribution is -1.65. The minimum atomic E-state index is 1.20. The molecule has 2 aromatic heterocycles. The zero-order valence-electron chi connectivity index (χ0n) is 6.50. The van der Waals surface area contributed by atoms with Crippen LogP contribution in [0.15, 0.2) is 26.7 Å². The predicted molar refractivity (Wildman–Crippen MR) is 60.1 cm³/mol. The van der Waals surface area contributed by atoms with Gasteiger partial charge in [0, 0.05) is 25.7 Å². The number of halogens is 1. The fourth-order valence-electron chi connectivity index (χ4n) is 1.03. The molecule has 2 aromatic rings. The van der Waals surface area contributed by atoms with Crippen LogP contribution in [0.1, 0.15) is 5.56 Å². The molecule has 0 fully saturated rings. The molecular formula is C9H7BrS2. The van der Waals surface area contributed by atoms with E-state index in [9.17, 15) is 0 Å². The van der Waals surface area contributed by atoms with Gasteiger partial charge in [-0.1, -0.05) is 0 Å². The molecule has 2 rings (SSSR count). The molecule has 12 heavy (non-hydrogen) atoms. The Bertz CT molecular complexity index is 387. The van der Waals surface area contributed by atoms with E-state index >= 15 is 0 Å². The molecule has 2 heterocycles. The van der Waals surface area contributed by atoms with E-state index in [2.05, 4.69) is 45.1 Å². The van der Waals surface area contributed by atoms with E-state index in [0.29, 0.717) is 0 Å². The largest absolute Gasteiger partial charge is 0.151 e. The SMILES string of the molecule is Cc1csc(-c2cscc2Br)c1. The van der Waals surface area contributed by atoms with Crippen molar-refractivity contribution in [3.05, 3.63) is 32.2 Å². The summed E-state index contributed by atoms with van der Waals surface area (Å²) in [5.74, 6) is 0. The Hall–Kier alpha value is -0.120. The Kier molecular flexibility index (Phi) is 2.35. The van der Waals surface area contributed by atoms with Crippen molar-refractivity contribution in [2.45, 2.75) is 6.92 Å². The van der Waals surface area contributed by atoms with Crippen LogP contribution in [0.2, 0.25) is 0 Å². The van der Waals surface area contributed by atoms with Crippen LogP contribution in [0.5, 0.6) is 0 Å². The smallest absolute Gasteiger partial charge is 0.0368 e. The molecule has 0 amide bonds. The fourth-order valence-corrected chi connectivity index (χ4v) is 3.67. The molecule has 0 aliphatic rings. The Morgan fingerprint density at radius 3 is 2.58 bits per heavy atom. The average Bonchev–Trinajstić information content (AvgIpc) is 2.58. The minimum Gasteiger partial charge on any atom is -0.151 e. The van der Waals surface area contributed by atoms with Crippen LogP contribution >= 0.6 is 38.6 Å². The maximum atomic E-state index is 3.53. The van der Waals surface area contributed by atoms with Crippen LogP contribution in [0.4, 0.5) is 0 Å². The van der Waals surface area contributed by atoms with Gasteiger partial charge in [0.2, 0.25) is 0 Å². The first-order valence-electron chi connectivity index (χ1n) is 3.54. The van der Waals surface area contributed by atoms with E-state index in [1.807, 2.05) is 0 Å². The molecule has 0 saturated carbocycles. The first-order chi connectivity index (χ1) is 5.77. The van der Waals surface area contributed by atoms with Crippen molar-refractivity contribution >= 4 is 38.6 Å². The Morgan fingerprint density at radius 1 is 1.25 bits per heavy atom. The summed E-state index contributed by atoms with van der Waals surface area (Å²) in [5.41, 5.74) is 2.66. The summed E-state index contributed by atoms with van der Waals surface area (Å²) in [5, 5.41) is 6.47. The summed E-state index contributed by atoms with van der Waals surface area (Å²) >= 11 is 7.06. The summed E-state index contributed by atoms with van der Waals surface area (Å²) in [4.78, 5) is 1.35. The van der Waals surface area contributed by atoms with Gasteiger partial charge in [0.05, 0.1) is 0 Å². The average molecular weight is 259 g/mol. The third-order valence-electron chi connectivity index (χ3n) is 1.61. The number of thiophene rings is 2. The van der Waals surface area contributed by atoms with Gasteiger partial charge >= 0.3 is 0 Å². The van der Waals surface area contributed by atoms with Gasteiger partial charge in [-0.15, -0.1) is 11.3 Å². The van der Waals surface area contributed by atoms with Crippen molar-refractivity contribution in [3.63, 3.8) is 0 Å². The minimum absolute atomic E-state index is 1.20. The molecule has 0 bridgehead atoms. The maximum Gasteiger partial charge on any atom is 0.0368 e. The molecule has 0 radical (unpaired) electrons. The lowest BCUT2D eigenvalue weighted by molar-refractivity contribution is 1.55. The van der Waals surface area contributed by atoms with Gasteiger partial charge in [-0.3, -0.25) is 0 Å². The van der Waals surface area contributed by atoms with Gasteiger partial charge in [0.25, 0.3) is 0 Å². The second-order valence-corrected chi connectivity index (χ2v) is 5.13. The zero-order chi connectivity index (χ0) is 8.55. The summed E-state index contributed by atoms with van der Waals surface area (Å²) in [6, 6.07) is 2.22. The molecule has 0 spiro atoms. The first-order valence-corrected chi connectivity index (χ1v) is 6.16. The number of hydrogen-bond donors (Lipinski definition) is 0. The molecule has 0 saturated heterocycles. The van der Waals surface area contributed by atoms with E-state index < -0.39 is 0 Å². The molecule has 0 aromatic carbocycles. The third kappa shape index (κ3) is 1.49. The third-order valence-corrected chi connectivity index (χ3v) is 4.39. The highest BCUT2D eigenvalue weighted by atomic mass is 79.9. The number of hydrogen-bond acceptors (Lipinski definition) is 2. The van der Waals surface area contributed by atoms with E-state index in [4.69, 9.17) is 0 Å². The van der Waals surface area contributed by atoms with Crippen LogP contribution in [-0.4, -0.2) is 0 Å². The molecule has 62 valence electrons. The van der Waals surface area contributed by atoms with Crippen LogP contribution in [-0.2, 0) is 0 Å². The molecule has 0 aliphatic carbocycles. The molecule has 0 aliphatic heterocycles. The van der Waals surface area contributed by atoms with Crippen molar-refractivity contribution in [2.75, 3.05) is 0 Å². The molecule has 0 N–H and O–H groups in total. The monoisotopic (exact) mass is 258 g/mol. The standard InChI is InChI=1S/C9H7BrS2/c1-6-2-9(12-3-6)7-4-11-5-8(7)10/h2-5H,1H3.